The van der Waals surface area contributed by atoms with E-state index in [1.807, 2.05) is 0 Å². The highest BCUT2D eigenvalue weighted by Crippen LogP contribution is 2.48. The molecule has 116 valence electrons. The van der Waals surface area contributed by atoms with E-state index in [0.717, 1.165) is 48.4 Å². The molecule has 3 unspecified atom stereocenters. The van der Waals surface area contributed by atoms with Crippen molar-refractivity contribution in [1.29, 1.82) is 0 Å². The Hall–Kier alpha value is -0.800. The van der Waals surface area contributed by atoms with Crippen LogP contribution >= 0.6 is 0 Å². The first-order valence-corrected chi connectivity index (χ1v) is 8.76. The second-order valence-electron chi connectivity index (χ2n) is 7.65. The van der Waals surface area contributed by atoms with E-state index in [1.54, 1.807) is 0 Å². The third-order valence-electron chi connectivity index (χ3n) is 5.72. The van der Waals surface area contributed by atoms with Crippen molar-refractivity contribution in [3.8, 4) is 0 Å². The summed E-state index contributed by atoms with van der Waals surface area (Å²) in [6.45, 7) is 3.09. The maximum absolute atomic E-state index is 5.95. The molecule has 3 nitrogen and oxygen atoms in total. The lowest BCUT2D eigenvalue weighted by Crippen LogP contribution is -2.28. The molecule has 0 spiro atoms. The summed E-state index contributed by atoms with van der Waals surface area (Å²) in [7, 11) is 2.25. The summed E-state index contributed by atoms with van der Waals surface area (Å²) in [6.07, 6.45) is 8.64. The summed E-state index contributed by atoms with van der Waals surface area (Å²) >= 11 is 0. The monoisotopic (exact) mass is 288 g/mol. The molecule has 1 N–H and O–H groups in total. The maximum atomic E-state index is 5.95. The van der Waals surface area contributed by atoms with Gasteiger partial charge in [0.15, 0.2) is 0 Å². The van der Waals surface area contributed by atoms with Crippen LogP contribution in [-0.2, 0) is 13.1 Å². The van der Waals surface area contributed by atoms with Gasteiger partial charge < -0.3 is 9.73 Å². The van der Waals surface area contributed by atoms with Crippen molar-refractivity contribution in [2.75, 3.05) is 13.6 Å². The first-order valence-electron chi connectivity index (χ1n) is 8.76. The van der Waals surface area contributed by atoms with Gasteiger partial charge in [-0.25, -0.2) is 0 Å². The van der Waals surface area contributed by atoms with Gasteiger partial charge in [-0.15, -0.1) is 0 Å². The van der Waals surface area contributed by atoms with Crippen molar-refractivity contribution in [3.63, 3.8) is 0 Å². The summed E-state index contributed by atoms with van der Waals surface area (Å²) in [5, 5.41) is 3.51. The predicted molar refractivity (Wildman–Crippen MR) is 83.8 cm³/mol. The van der Waals surface area contributed by atoms with Crippen LogP contribution in [0.2, 0.25) is 0 Å². The van der Waals surface area contributed by atoms with Gasteiger partial charge in [-0.05, 0) is 69.0 Å². The summed E-state index contributed by atoms with van der Waals surface area (Å²) < 4.78 is 5.95. The van der Waals surface area contributed by atoms with E-state index in [0.29, 0.717) is 0 Å². The van der Waals surface area contributed by atoms with Crippen molar-refractivity contribution in [3.05, 3.63) is 23.7 Å². The zero-order chi connectivity index (χ0) is 14.2. The molecule has 3 aliphatic rings. The van der Waals surface area contributed by atoms with Crippen LogP contribution < -0.4 is 5.32 Å². The smallest absolute Gasteiger partial charge is 0.118 e. The fourth-order valence-electron chi connectivity index (χ4n) is 4.47. The predicted octanol–water partition coefficient (Wildman–Crippen LogP) is 3.40. The second kappa shape index (κ2) is 5.77. The molecule has 1 aromatic heterocycles. The maximum Gasteiger partial charge on any atom is 0.118 e. The normalized spacial score (nSPS) is 31.4. The van der Waals surface area contributed by atoms with Gasteiger partial charge in [0.25, 0.3) is 0 Å². The number of hydrogen-bond donors (Lipinski definition) is 1. The second-order valence-corrected chi connectivity index (χ2v) is 7.65. The summed E-state index contributed by atoms with van der Waals surface area (Å²) in [5.74, 6) is 5.22. The molecule has 3 saturated carbocycles. The number of nitrogens with zero attached hydrogens (tertiary/aromatic N) is 1. The Morgan fingerprint density at radius 2 is 2.00 bits per heavy atom. The average Bonchev–Trinajstić information content (AvgIpc) is 2.86. The van der Waals surface area contributed by atoms with Crippen LogP contribution in [0.4, 0.5) is 0 Å². The Morgan fingerprint density at radius 1 is 1.14 bits per heavy atom. The van der Waals surface area contributed by atoms with E-state index in [9.17, 15) is 0 Å². The topological polar surface area (TPSA) is 28.4 Å². The van der Waals surface area contributed by atoms with E-state index in [4.69, 9.17) is 4.42 Å². The van der Waals surface area contributed by atoms with Gasteiger partial charge >= 0.3 is 0 Å². The van der Waals surface area contributed by atoms with Crippen LogP contribution in [-0.4, -0.2) is 24.5 Å². The lowest BCUT2D eigenvalue weighted by molar-refractivity contribution is 0.203. The van der Waals surface area contributed by atoms with Gasteiger partial charge in [0.1, 0.15) is 11.5 Å². The highest BCUT2D eigenvalue weighted by Gasteiger charge is 2.39. The molecular weight excluding hydrogens is 260 g/mol. The van der Waals surface area contributed by atoms with Gasteiger partial charge in [-0.2, -0.15) is 0 Å². The Labute approximate surface area is 128 Å². The fourth-order valence-corrected chi connectivity index (χ4v) is 4.47. The SMILES string of the molecule is CN(Cc1ccc(CNC2CC2)o1)CC1CC2CCC1C2. The van der Waals surface area contributed by atoms with Crippen molar-refractivity contribution in [1.82, 2.24) is 10.2 Å². The zero-order valence-corrected chi connectivity index (χ0v) is 13.2. The Bertz CT molecular complexity index is 479. The molecule has 2 bridgehead atoms. The van der Waals surface area contributed by atoms with E-state index >= 15 is 0 Å². The largest absolute Gasteiger partial charge is 0.463 e. The van der Waals surface area contributed by atoms with Crippen LogP contribution in [0, 0.1) is 17.8 Å². The molecule has 0 amide bonds. The first-order chi connectivity index (χ1) is 10.3. The molecule has 1 aromatic rings. The number of furan rings is 1. The third-order valence-corrected chi connectivity index (χ3v) is 5.72. The summed E-state index contributed by atoms with van der Waals surface area (Å²) in [6, 6.07) is 5.04. The van der Waals surface area contributed by atoms with Crippen molar-refractivity contribution < 1.29 is 4.42 Å². The number of rotatable bonds is 7. The molecule has 0 saturated heterocycles. The number of hydrogen-bond acceptors (Lipinski definition) is 3. The van der Waals surface area contributed by atoms with E-state index in [1.165, 1.54) is 45.1 Å². The molecule has 3 atom stereocenters. The van der Waals surface area contributed by atoms with Gasteiger partial charge in [0, 0.05) is 12.6 Å². The Kier molecular flexibility index (Phi) is 3.80. The molecule has 3 heteroatoms. The Morgan fingerprint density at radius 3 is 2.71 bits per heavy atom. The fraction of sp³-hybridized carbons (Fsp3) is 0.778. The minimum atomic E-state index is 0.749. The zero-order valence-electron chi connectivity index (χ0n) is 13.2. The third kappa shape index (κ3) is 3.35. The van der Waals surface area contributed by atoms with E-state index in [2.05, 4.69) is 29.4 Å². The van der Waals surface area contributed by atoms with E-state index < -0.39 is 0 Å². The molecule has 0 radical (unpaired) electrons. The molecule has 1 heterocycles. The van der Waals surface area contributed by atoms with Crippen LogP contribution in [0.5, 0.6) is 0 Å². The van der Waals surface area contributed by atoms with Crippen molar-refractivity contribution >= 4 is 0 Å². The highest BCUT2D eigenvalue weighted by atomic mass is 16.3. The quantitative estimate of drug-likeness (QED) is 0.833. The lowest BCUT2D eigenvalue weighted by atomic mass is 9.88. The molecule has 4 rings (SSSR count). The van der Waals surface area contributed by atoms with Crippen LogP contribution in [0.1, 0.15) is 50.0 Å². The van der Waals surface area contributed by atoms with Crippen LogP contribution in [0.3, 0.4) is 0 Å². The summed E-state index contributed by atoms with van der Waals surface area (Å²) in [5.41, 5.74) is 0. The average molecular weight is 288 g/mol. The van der Waals surface area contributed by atoms with Crippen molar-refractivity contribution in [2.24, 2.45) is 17.8 Å². The van der Waals surface area contributed by atoms with Crippen LogP contribution in [0.15, 0.2) is 16.5 Å². The lowest BCUT2D eigenvalue weighted by Gasteiger charge is -2.26. The minimum absolute atomic E-state index is 0.749. The molecule has 3 fully saturated rings. The number of nitrogens with one attached hydrogen (secondary N) is 1. The van der Waals surface area contributed by atoms with Crippen molar-refractivity contribution in [2.45, 2.75) is 57.7 Å². The number of fused-ring (bicyclic) bond motifs is 2. The first kappa shape index (κ1) is 13.8. The van der Waals surface area contributed by atoms with E-state index in [-0.39, 0.29) is 0 Å². The van der Waals surface area contributed by atoms with Gasteiger partial charge in [0.2, 0.25) is 0 Å². The standard InChI is InChI=1S/C18H28N2O/c1-20(11-15-9-13-2-3-14(15)8-13)12-18-7-6-17(21-18)10-19-16-4-5-16/h6-7,13-16,19H,2-5,8-12H2,1H3. The van der Waals surface area contributed by atoms with Gasteiger partial charge in [-0.3, -0.25) is 4.90 Å². The van der Waals surface area contributed by atoms with Crippen LogP contribution in [0.25, 0.3) is 0 Å². The molecule has 0 aromatic carbocycles. The molecule has 0 aliphatic heterocycles. The van der Waals surface area contributed by atoms with Gasteiger partial charge in [0.05, 0.1) is 13.1 Å². The Balaban J connectivity index is 1.25. The molecular formula is C18H28N2O. The summed E-state index contributed by atoms with van der Waals surface area (Å²) in [4.78, 5) is 2.46. The van der Waals surface area contributed by atoms with Gasteiger partial charge in [-0.1, -0.05) is 6.42 Å². The minimum Gasteiger partial charge on any atom is -0.463 e. The highest BCUT2D eigenvalue weighted by molar-refractivity contribution is 5.07. The molecule has 3 aliphatic carbocycles. The molecule has 21 heavy (non-hydrogen) atoms.